The lowest BCUT2D eigenvalue weighted by Crippen LogP contribution is -2.36. The molecule has 72 valence electrons. The molecule has 0 aliphatic carbocycles. The number of carboxylic acids is 1. The molecule has 4 heteroatoms. The van der Waals surface area contributed by atoms with Gasteiger partial charge in [-0.15, -0.1) is 11.3 Å². The molecular weight excluding hydrogens is 188 g/mol. The van der Waals surface area contributed by atoms with Crippen LogP contribution in [0.5, 0.6) is 0 Å². The molecule has 0 saturated carbocycles. The van der Waals surface area contributed by atoms with Crippen LogP contribution in [0.4, 0.5) is 0 Å². The third-order valence-corrected chi connectivity index (χ3v) is 2.78. The van der Waals surface area contributed by atoms with Crippen LogP contribution < -0.4 is 0 Å². The molecule has 0 spiro atoms. The van der Waals surface area contributed by atoms with E-state index in [1.165, 1.54) is 18.3 Å². The maximum absolute atomic E-state index is 10.6. The molecule has 1 aromatic rings. The number of carboxylic acid groups (broad SMARTS) is 1. The molecule has 0 aliphatic rings. The summed E-state index contributed by atoms with van der Waals surface area (Å²) in [5.41, 5.74) is -1.66. The van der Waals surface area contributed by atoms with E-state index in [2.05, 4.69) is 0 Å². The quantitative estimate of drug-likeness (QED) is 0.776. The van der Waals surface area contributed by atoms with E-state index in [1.807, 2.05) is 19.1 Å². The minimum atomic E-state index is -1.66. The van der Waals surface area contributed by atoms with E-state index in [1.54, 1.807) is 0 Å². The van der Waals surface area contributed by atoms with Gasteiger partial charge in [-0.05, 0) is 26.0 Å². The normalized spacial score (nSPS) is 15.3. The lowest BCUT2D eigenvalue weighted by atomic mass is 10.0. The Kier molecular flexibility index (Phi) is 2.73. The average Bonchev–Trinajstić information content (AvgIpc) is 2.34. The lowest BCUT2D eigenvalue weighted by molar-refractivity contribution is -0.156. The Morgan fingerprint density at radius 3 is 2.62 bits per heavy atom. The lowest BCUT2D eigenvalue weighted by Gasteiger charge is -2.16. The Morgan fingerprint density at radius 2 is 2.23 bits per heavy atom. The number of hydrogen-bond donors (Lipinski definition) is 2. The fraction of sp³-hybridized carbons (Fsp3) is 0.444. The SMILES string of the molecule is Cc1ccc(CC(C)(O)C(=O)O)s1. The summed E-state index contributed by atoms with van der Waals surface area (Å²) in [5.74, 6) is -1.18. The second-order valence-corrected chi connectivity index (χ2v) is 4.64. The first-order valence-electron chi connectivity index (χ1n) is 3.93. The van der Waals surface area contributed by atoms with E-state index < -0.39 is 11.6 Å². The van der Waals surface area contributed by atoms with Gasteiger partial charge in [0.15, 0.2) is 5.60 Å². The maximum Gasteiger partial charge on any atom is 0.335 e. The molecule has 1 heterocycles. The smallest absolute Gasteiger partial charge is 0.335 e. The van der Waals surface area contributed by atoms with Crippen LogP contribution in [0.1, 0.15) is 16.7 Å². The fourth-order valence-electron chi connectivity index (χ4n) is 0.995. The Labute approximate surface area is 80.6 Å². The monoisotopic (exact) mass is 200 g/mol. The third-order valence-electron chi connectivity index (χ3n) is 1.78. The number of aliphatic hydroxyl groups is 1. The van der Waals surface area contributed by atoms with E-state index in [0.29, 0.717) is 0 Å². The van der Waals surface area contributed by atoms with Crippen molar-refractivity contribution >= 4 is 17.3 Å². The highest BCUT2D eigenvalue weighted by Gasteiger charge is 2.30. The van der Waals surface area contributed by atoms with Crippen molar-refractivity contribution in [3.63, 3.8) is 0 Å². The van der Waals surface area contributed by atoms with Crippen molar-refractivity contribution < 1.29 is 15.0 Å². The summed E-state index contributed by atoms with van der Waals surface area (Å²) >= 11 is 1.51. The minimum absolute atomic E-state index is 0.168. The summed E-state index contributed by atoms with van der Waals surface area (Å²) in [7, 11) is 0. The van der Waals surface area contributed by atoms with Crippen molar-refractivity contribution in [1.82, 2.24) is 0 Å². The van der Waals surface area contributed by atoms with Crippen molar-refractivity contribution in [3.05, 3.63) is 21.9 Å². The second-order valence-electron chi connectivity index (χ2n) is 3.27. The summed E-state index contributed by atoms with van der Waals surface area (Å²) in [5, 5.41) is 18.1. The van der Waals surface area contributed by atoms with Gasteiger partial charge in [0, 0.05) is 16.2 Å². The Bertz CT molecular complexity index is 314. The van der Waals surface area contributed by atoms with Gasteiger partial charge in [0.1, 0.15) is 0 Å². The summed E-state index contributed by atoms with van der Waals surface area (Å²) in [6, 6.07) is 3.76. The Hall–Kier alpha value is -0.870. The van der Waals surface area contributed by atoms with Crippen LogP contribution in [0.3, 0.4) is 0 Å². The van der Waals surface area contributed by atoms with Gasteiger partial charge < -0.3 is 10.2 Å². The van der Waals surface area contributed by atoms with Crippen molar-refractivity contribution in [2.75, 3.05) is 0 Å². The molecule has 0 radical (unpaired) electrons. The molecule has 3 nitrogen and oxygen atoms in total. The first-order valence-corrected chi connectivity index (χ1v) is 4.74. The van der Waals surface area contributed by atoms with E-state index in [9.17, 15) is 9.90 Å². The van der Waals surface area contributed by atoms with Gasteiger partial charge in [0.05, 0.1) is 0 Å². The van der Waals surface area contributed by atoms with E-state index in [0.717, 1.165) is 9.75 Å². The highest BCUT2D eigenvalue weighted by molar-refractivity contribution is 7.11. The summed E-state index contributed by atoms with van der Waals surface area (Å²) < 4.78 is 0. The zero-order valence-electron chi connectivity index (χ0n) is 7.57. The molecule has 2 N–H and O–H groups in total. The second kappa shape index (κ2) is 3.47. The van der Waals surface area contributed by atoms with Gasteiger partial charge in [-0.1, -0.05) is 0 Å². The van der Waals surface area contributed by atoms with Gasteiger partial charge in [0.2, 0.25) is 0 Å². The van der Waals surface area contributed by atoms with Crippen LogP contribution >= 0.6 is 11.3 Å². The molecule has 13 heavy (non-hydrogen) atoms. The van der Waals surface area contributed by atoms with Crippen LogP contribution in [-0.2, 0) is 11.2 Å². The topological polar surface area (TPSA) is 57.5 Å². The standard InChI is InChI=1S/C9H12O3S/c1-6-3-4-7(13-6)5-9(2,12)8(10)11/h3-4,12H,5H2,1-2H3,(H,10,11). The predicted molar refractivity (Wildman–Crippen MR) is 51.0 cm³/mol. The molecule has 1 atom stereocenters. The predicted octanol–water partition coefficient (Wildman–Crippen LogP) is 1.43. The van der Waals surface area contributed by atoms with E-state index >= 15 is 0 Å². The Balaban J connectivity index is 2.74. The zero-order valence-corrected chi connectivity index (χ0v) is 8.39. The first kappa shape index (κ1) is 10.2. The van der Waals surface area contributed by atoms with Gasteiger partial charge in [-0.3, -0.25) is 0 Å². The molecule has 0 aromatic carbocycles. The molecule has 1 aromatic heterocycles. The molecule has 1 rings (SSSR count). The summed E-state index contributed by atoms with van der Waals surface area (Å²) in [6.45, 7) is 3.26. The molecule has 0 saturated heterocycles. The van der Waals surface area contributed by atoms with Crippen molar-refractivity contribution in [1.29, 1.82) is 0 Å². The molecule has 0 fully saturated rings. The molecule has 0 aliphatic heterocycles. The number of rotatable bonds is 3. The highest BCUT2D eigenvalue weighted by Crippen LogP contribution is 2.21. The van der Waals surface area contributed by atoms with Gasteiger partial charge in [-0.2, -0.15) is 0 Å². The number of carbonyl (C=O) groups is 1. The van der Waals surface area contributed by atoms with Crippen LogP contribution in [0.25, 0.3) is 0 Å². The van der Waals surface area contributed by atoms with Crippen LogP contribution in [0, 0.1) is 6.92 Å². The van der Waals surface area contributed by atoms with Crippen LogP contribution in [-0.4, -0.2) is 21.8 Å². The number of aryl methyl sites for hydroxylation is 1. The van der Waals surface area contributed by atoms with Crippen LogP contribution in [0.2, 0.25) is 0 Å². The Morgan fingerprint density at radius 1 is 1.62 bits per heavy atom. The molecular formula is C9H12O3S. The maximum atomic E-state index is 10.6. The minimum Gasteiger partial charge on any atom is -0.479 e. The molecule has 0 amide bonds. The van der Waals surface area contributed by atoms with Gasteiger partial charge in [0.25, 0.3) is 0 Å². The zero-order chi connectivity index (χ0) is 10.1. The summed E-state index contributed by atoms with van der Waals surface area (Å²) in [6.07, 6.45) is 0.168. The third kappa shape index (κ3) is 2.54. The largest absolute Gasteiger partial charge is 0.479 e. The average molecular weight is 200 g/mol. The van der Waals surface area contributed by atoms with Gasteiger partial charge >= 0.3 is 5.97 Å². The summed E-state index contributed by atoms with van der Waals surface area (Å²) in [4.78, 5) is 12.6. The van der Waals surface area contributed by atoms with Crippen molar-refractivity contribution in [3.8, 4) is 0 Å². The number of hydrogen-bond acceptors (Lipinski definition) is 3. The van der Waals surface area contributed by atoms with Gasteiger partial charge in [-0.25, -0.2) is 4.79 Å². The van der Waals surface area contributed by atoms with Crippen LogP contribution in [0.15, 0.2) is 12.1 Å². The van der Waals surface area contributed by atoms with Crippen molar-refractivity contribution in [2.45, 2.75) is 25.9 Å². The van der Waals surface area contributed by atoms with E-state index in [-0.39, 0.29) is 6.42 Å². The fourth-order valence-corrected chi connectivity index (χ4v) is 2.03. The number of thiophene rings is 1. The molecule has 0 bridgehead atoms. The van der Waals surface area contributed by atoms with E-state index in [4.69, 9.17) is 5.11 Å². The first-order chi connectivity index (χ1) is 5.92. The number of aliphatic carboxylic acids is 1. The highest BCUT2D eigenvalue weighted by atomic mass is 32.1. The molecule has 1 unspecified atom stereocenters. The van der Waals surface area contributed by atoms with Crippen molar-refractivity contribution in [2.24, 2.45) is 0 Å².